The first-order valence-corrected chi connectivity index (χ1v) is 9.07. The number of aryl methyl sites for hydroxylation is 2. The number of nitrogens with two attached hydrogens (primary N) is 1. The molecule has 0 unspecified atom stereocenters. The van der Waals surface area contributed by atoms with E-state index in [1.807, 2.05) is 62.4 Å². The van der Waals surface area contributed by atoms with Gasteiger partial charge < -0.3 is 10.5 Å². The van der Waals surface area contributed by atoms with Crippen LogP contribution in [0.15, 0.2) is 54.6 Å². The summed E-state index contributed by atoms with van der Waals surface area (Å²) in [5, 5.41) is 1.02. The molecule has 1 heterocycles. The molecule has 0 bridgehead atoms. The predicted octanol–water partition coefficient (Wildman–Crippen LogP) is 4.50. The number of nitrogens with zero attached hydrogens (tertiary/aromatic N) is 1. The smallest absolute Gasteiger partial charge is 0.241 e. The summed E-state index contributed by atoms with van der Waals surface area (Å²) in [5.41, 5.74) is 9.19. The van der Waals surface area contributed by atoms with Crippen LogP contribution in [-0.4, -0.2) is 10.9 Å². The van der Waals surface area contributed by atoms with Crippen LogP contribution in [0.5, 0.6) is 5.75 Å². The first-order chi connectivity index (χ1) is 12.5. The van der Waals surface area contributed by atoms with E-state index in [0.29, 0.717) is 12.4 Å². The summed E-state index contributed by atoms with van der Waals surface area (Å²) in [5.74, 6) is 0.211. The summed E-state index contributed by atoms with van der Waals surface area (Å²) in [4.78, 5) is 16.8. The second-order valence-electron chi connectivity index (χ2n) is 5.91. The lowest BCUT2D eigenvalue weighted by atomic mass is 10.1. The fourth-order valence-electron chi connectivity index (χ4n) is 2.66. The quantitative estimate of drug-likeness (QED) is 0.655. The van der Waals surface area contributed by atoms with Gasteiger partial charge in [0.1, 0.15) is 12.4 Å². The van der Waals surface area contributed by atoms with Gasteiger partial charge in [0.05, 0.1) is 15.6 Å². The third-order valence-corrected chi connectivity index (χ3v) is 4.96. The molecule has 0 radical (unpaired) electrons. The average Bonchev–Trinajstić information content (AvgIpc) is 2.97. The first-order valence-electron chi connectivity index (χ1n) is 8.25. The van der Waals surface area contributed by atoms with Gasteiger partial charge in [0, 0.05) is 11.6 Å². The monoisotopic (exact) mass is 364 g/mol. The van der Waals surface area contributed by atoms with Gasteiger partial charge in [-0.2, -0.15) is 0 Å². The highest BCUT2D eigenvalue weighted by atomic mass is 32.1. The topological polar surface area (TPSA) is 65.2 Å². The maximum absolute atomic E-state index is 11.2. The molecule has 0 aliphatic heterocycles. The number of carbonyl (C=O) groups is 1. The minimum Gasteiger partial charge on any atom is -0.488 e. The lowest BCUT2D eigenvalue weighted by Gasteiger charge is -2.11. The lowest BCUT2D eigenvalue weighted by Crippen LogP contribution is -2.05. The Labute approximate surface area is 157 Å². The Kier molecular flexibility index (Phi) is 5.49. The number of ether oxygens (including phenoxy) is 1. The van der Waals surface area contributed by atoms with Crippen LogP contribution in [0.4, 0.5) is 0 Å². The van der Waals surface area contributed by atoms with Gasteiger partial charge in [0.15, 0.2) is 0 Å². The number of rotatable bonds is 6. The maximum atomic E-state index is 11.2. The van der Waals surface area contributed by atoms with E-state index in [0.717, 1.165) is 32.3 Å². The lowest BCUT2D eigenvalue weighted by molar-refractivity contribution is -0.113. The number of aromatic nitrogens is 1. The van der Waals surface area contributed by atoms with E-state index in [1.165, 1.54) is 6.08 Å². The van der Waals surface area contributed by atoms with Crippen molar-refractivity contribution in [1.29, 1.82) is 0 Å². The van der Waals surface area contributed by atoms with Crippen LogP contribution in [0.2, 0.25) is 0 Å². The molecular formula is C21H20N2O2S. The summed E-state index contributed by atoms with van der Waals surface area (Å²) in [6.45, 7) is 4.44. The third-order valence-electron chi connectivity index (χ3n) is 3.84. The number of hydrogen-bond acceptors (Lipinski definition) is 4. The highest BCUT2D eigenvalue weighted by Crippen LogP contribution is 2.33. The molecule has 0 spiro atoms. The Bertz CT molecular complexity index is 946. The molecular weight excluding hydrogens is 344 g/mol. The number of amides is 1. The molecule has 5 heteroatoms. The van der Waals surface area contributed by atoms with Crippen molar-refractivity contribution < 1.29 is 9.53 Å². The number of benzene rings is 2. The molecule has 0 saturated carbocycles. The zero-order chi connectivity index (χ0) is 18.5. The van der Waals surface area contributed by atoms with Crippen molar-refractivity contribution in [2.75, 3.05) is 0 Å². The van der Waals surface area contributed by atoms with E-state index >= 15 is 0 Å². The first kappa shape index (κ1) is 17.9. The highest BCUT2D eigenvalue weighted by Gasteiger charge is 2.11. The van der Waals surface area contributed by atoms with Crippen molar-refractivity contribution in [3.8, 4) is 16.2 Å². The van der Waals surface area contributed by atoms with E-state index in [2.05, 4.69) is 4.98 Å². The van der Waals surface area contributed by atoms with Crippen LogP contribution in [0, 0.1) is 13.8 Å². The van der Waals surface area contributed by atoms with Gasteiger partial charge in [-0.05, 0) is 49.2 Å². The van der Waals surface area contributed by atoms with Crippen LogP contribution in [0.25, 0.3) is 16.5 Å². The number of hydrogen-bond donors (Lipinski definition) is 1. The number of thiazole rings is 1. The zero-order valence-corrected chi connectivity index (χ0v) is 15.5. The fourth-order valence-corrected chi connectivity index (χ4v) is 3.57. The number of carbonyl (C=O) groups excluding carboxylic acids is 1. The van der Waals surface area contributed by atoms with E-state index in [4.69, 9.17) is 10.5 Å². The molecule has 2 aromatic carbocycles. The third kappa shape index (κ3) is 4.37. The van der Waals surface area contributed by atoms with Crippen molar-refractivity contribution in [1.82, 2.24) is 4.98 Å². The molecule has 1 aromatic heterocycles. The van der Waals surface area contributed by atoms with Crippen molar-refractivity contribution >= 4 is 23.3 Å². The largest absolute Gasteiger partial charge is 0.488 e. The predicted molar refractivity (Wildman–Crippen MR) is 106 cm³/mol. The maximum Gasteiger partial charge on any atom is 0.241 e. The second kappa shape index (κ2) is 7.97. The molecule has 132 valence electrons. The molecule has 3 rings (SSSR count). The van der Waals surface area contributed by atoms with Gasteiger partial charge in [-0.3, -0.25) is 4.79 Å². The molecule has 0 aliphatic rings. The molecule has 26 heavy (non-hydrogen) atoms. The van der Waals surface area contributed by atoms with Crippen molar-refractivity contribution in [3.05, 3.63) is 76.4 Å². The van der Waals surface area contributed by atoms with Crippen LogP contribution < -0.4 is 10.5 Å². The second-order valence-corrected chi connectivity index (χ2v) is 7.11. The Morgan fingerprint density at radius 2 is 1.96 bits per heavy atom. The SMILES string of the molecule is Cc1nc(C)c(-c2ccc(OCc3ccccc3)c(C=CC(N)=O)c2)s1. The molecule has 3 aromatic rings. The van der Waals surface area contributed by atoms with Crippen molar-refractivity contribution in [2.45, 2.75) is 20.5 Å². The van der Waals surface area contributed by atoms with Crippen molar-refractivity contribution in [2.24, 2.45) is 5.73 Å². The van der Waals surface area contributed by atoms with Gasteiger partial charge in [-0.1, -0.05) is 30.3 Å². The summed E-state index contributed by atoms with van der Waals surface area (Å²) in [7, 11) is 0. The molecule has 0 saturated heterocycles. The standard InChI is InChI=1S/C21H20N2O2S/c1-14-21(26-15(2)23-14)18-8-10-19(17(12-18)9-11-20(22)24)25-13-16-6-4-3-5-7-16/h3-12H,13H2,1-2H3,(H2,22,24). The Morgan fingerprint density at radius 3 is 2.62 bits per heavy atom. The van der Waals surface area contributed by atoms with Crippen LogP contribution in [-0.2, 0) is 11.4 Å². The van der Waals surface area contributed by atoms with E-state index < -0.39 is 5.91 Å². The molecule has 2 N–H and O–H groups in total. The van der Waals surface area contributed by atoms with Crippen LogP contribution in [0.3, 0.4) is 0 Å². The Balaban J connectivity index is 1.93. The average molecular weight is 364 g/mol. The molecule has 1 amide bonds. The van der Waals surface area contributed by atoms with Crippen LogP contribution >= 0.6 is 11.3 Å². The van der Waals surface area contributed by atoms with Gasteiger partial charge >= 0.3 is 0 Å². The summed E-state index contributed by atoms with van der Waals surface area (Å²) < 4.78 is 5.97. The minimum absolute atomic E-state index is 0.455. The van der Waals surface area contributed by atoms with Gasteiger partial charge in [0.25, 0.3) is 0 Å². The van der Waals surface area contributed by atoms with Gasteiger partial charge in [0.2, 0.25) is 5.91 Å². The summed E-state index contributed by atoms with van der Waals surface area (Å²) in [6, 6.07) is 15.9. The molecule has 0 atom stereocenters. The molecule has 0 fully saturated rings. The van der Waals surface area contributed by atoms with E-state index in [1.54, 1.807) is 17.4 Å². The van der Waals surface area contributed by atoms with Gasteiger partial charge in [-0.25, -0.2) is 4.98 Å². The van der Waals surface area contributed by atoms with Crippen molar-refractivity contribution in [3.63, 3.8) is 0 Å². The summed E-state index contributed by atoms with van der Waals surface area (Å²) in [6.07, 6.45) is 3.04. The normalized spacial score (nSPS) is 11.0. The minimum atomic E-state index is -0.491. The molecule has 4 nitrogen and oxygen atoms in total. The Morgan fingerprint density at radius 1 is 1.19 bits per heavy atom. The fraction of sp³-hybridized carbons (Fsp3) is 0.143. The van der Waals surface area contributed by atoms with E-state index in [-0.39, 0.29) is 0 Å². The van der Waals surface area contributed by atoms with E-state index in [9.17, 15) is 4.79 Å². The zero-order valence-electron chi connectivity index (χ0n) is 14.7. The number of primary amides is 1. The molecule has 0 aliphatic carbocycles. The highest BCUT2D eigenvalue weighted by molar-refractivity contribution is 7.15. The summed E-state index contributed by atoms with van der Waals surface area (Å²) >= 11 is 1.65. The van der Waals surface area contributed by atoms with Gasteiger partial charge in [-0.15, -0.1) is 11.3 Å². The van der Waals surface area contributed by atoms with Crippen LogP contribution in [0.1, 0.15) is 21.8 Å². The Hall–Kier alpha value is -2.92.